The van der Waals surface area contributed by atoms with Gasteiger partial charge in [0.2, 0.25) is 5.75 Å². The highest BCUT2D eigenvalue weighted by Gasteiger charge is 2.18. The van der Waals surface area contributed by atoms with E-state index in [1.807, 2.05) is 0 Å². The molecule has 1 radical (unpaired) electrons. The number of hydrogen-bond donors (Lipinski definition) is 1. The van der Waals surface area contributed by atoms with Crippen molar-refractivity contribution in [1.29, 1.82) is 0 Å². The molecule has 1 unspecified atom stereocenters. The predicted molar refractivity (Wildman–Crippen MR) is 65.8 cm³/mol. The van der Waals surface area contributed by atoms with E-state index in [4.69, 9.17) is 19.6 Å². The average molecular weight is 284 g/mol. The molecule has 0 spiro atoms. The van der Waals surface area contributed by atoms with Gasteiger partial charge >= 0.3 is 11.7 Å². The van der Waals surface area contributed by atoms with Gasteiger partial charge in [-0.25, -0.2) is 0 Å². The molecule has 109 valence electrons. The van der Waals surface area contributed by atoms with Gasteiger partial charge in [-0.3, -0.25) is 14.9 Å². The topological polar surface area (TPSA) is 108 Å². The van der Waals surface area contributed by atoms with E-state index in [0.29, 0.717) is 0 Å². The number of ether oxygens (including phenoxy) is 1. The maximum atomic E-state index is 11.0. The van der Waals surface area contributed by atoms with Crippen molar-refractivity contribution in [2.24, 2.45) is 0 Å². The van der Waals surface area contributed by atoms with E-state index in [1.54, 1.807) is 6.92 Å². The summed E-state index contributed by atoms with van der Waals surface area (Å²) < 4.78 is 4.76. The number of aliphatic hydroxyl groups is 1. The Balaban J connectivity index is 2.56. The molecular weight excluding hydrogens is 270 g/mol. The highest BCUT2D eigenvalue weighted by atomic mass is 17.2. The molecule has 20 heavy (non-hydrogen) atoms. The van der Waals surface area contributed by atoms with Gasteiger partial charge < -0.3 is 14.7 Å². The van der Waals surface area contributed by atoms with Crippen molar-refractivity contribution >= 4 is 11.7 Å². The smallest absolute Gasteiger partial charge is 0.315 e. The van der Waals surface area contributed by atoms with Gasteiger partial charge in [-0.1, -0.05) is 6.92 Å². The summed E-state index contributed by atoms with van der Waals surface area (Å²) >= 11 is 0. The highest BCUT2D eigenvalue weighted by Crippen LogP contribution is 2.25. The fraction of sp³-hybridized carbons (Fsp3) is 0.417. The van der Waals surface area contributed by atoms with Crippen LogP contribution < -0.4 is 4.89 Å². The molecule has 8 heteroatoms. The number of esters is 1. The van der Waals surface area contributed by atoms with E-state index >= 15 is 0 Å². The Labute approximate surface area is 114 Å². The summed E-state index contributed by atoms with van der Waals surface area (Å²) in [4.78, 5) is 30.6. The van der Waals surface area contributed by atoms with Gasteiger partial charge in [-0.2, -0.15) is 4.89 Å². The molecule has 1 atom stereocenters. The number of nitro benzene ring substituents is 1. The SMILES string of the molecule is CCC(=O)OCC(CO)OOc1c[c]ccc1[N+](=O)[O-]. The zero-order chi connectivity index (χ0) is 15.0. The molecule has 1 N–H and O–H groups in total. The van der Waals surface area contributed by atoms with Crippen molar-refractivity contribution in [3.05, 3.63) is 34.4 Å². The Morgan fingerprint density at radius 3 is 2.95 bits per heavy atom. The zero-order valence-corrected chi connectivity index (χ0v) is 10.8. The van der Waals surface area contributed by atoms with Crippen LogP contribution in [0.15, 0.2) is 18.2 Å². The molecule has 0 saturated heterocycles. The van der Waals surface area contributed by atoms with Crippen molar-refractivity contribution in [1.82, 2.24) is 0 Å². The first-order chi connectivity index (χ1) is 9.58. The third-order valence-electron chi connectivity index (χ3n) is 2.20. The van der Waals surface area contributed by atoms with Crippen LogP contribution in [-0.4, -0.2) is 35.3 Å². The molecule has 8 nitrogen and oxygen atoms in total. The highest BCUT2D eigenvalue weighted by molar-refractivity contribution is 5.68. The molecule has 0 aliphatic carbocycles. The minimum absolute atomic E-state index is 0.155. The minimum Gasteiger partial charge on any atom is -0.463 e. The van der Waals surface area contributed by atoms with Gasteiger partial charge in [0.25, 0.3) is 0 Å². The number of nitro groups is 1. The third kappa shape index (κ3) is 4.82. The normalized spacial score (nSPS) is 11.7. The second-order valence-electron chi connectivity index (χ2n) is 3.67. The second-order valence-corrected chi connectivity index (χ2v) is 3.67. The summed E-state index contributed by atoms with van der Waals surface area (Å²) in [5.41, 5.74) is -0.300. The fourth-order valence-electron chi connectivity index (χ4n) is 1.14. The lowest BCUT2D eigenvalue weighted by atomic mass is 10.3. The van der Waals surface area contributed by atoms with Crippen LogP contribution >= 0.6 is 0 Å². The van der Waals surface area contributed by atoms with Crippen LogP contribution in [0, 0.1) is 16.2 Å². The summed E-state index contributed by atoms with van der Waals surface area (Å²) in [5.74, 6) is -0.608. The van der Waals surface area contributed by atoms with Gasteiger partial charge in [0.15, 0.2) is 6.10 Å². The first kappa shape index (κ1) is 15.9. The van der Waals surface area contributed by atoms with E-state index in [2.05, 4.69) is 6.07 Å². The number of rotatable bonds is 8. The van der Waals surface area contributed by atoms with Gasteiger partial charge in [0, 0.05) is 12.5 Å². The number of carbonyl (C=O) groups is 1. The van der Waals surface area contributed by atoms with Crippen LogP contribution in [-0.2, 0) is 14.4 Å². The molecule has 0 aliphatic heterocycles. The summed E-state index contributed by atoms with van der Waals surface area (Å²) in [7, 11) is 0. The van der Waals surface area contributed by atoms with Crippen LogP contribution in [0.1, 0.15) is 13.3 Å². The Bertz CT molecular complexity index is 463. The lowest BCUT2D eigenvalue weighted by molar-refractivity contribution is -0.389. The maximum absolute atomic E-state index is 11.0. The quantitative estimate of drug-likeness (QED) is 0.328. The minimum atomic E-state index is -0.940. The third-order valence-corrected chi connectivity index (χ3v) is 2.20. The molecule has 1 rings (SSSR count). The van der Waals surface area contributed by atoms with Crippen molar-refractivity contribution in [3.8, 4) is 5.75 Å². The monoisotopic (exact) mass is 284 g/mol. The van der Waals surface area contributed by atoms with Gasteiger partial charge in [-0.15, -0.1) is 0 Å². The molecular formula is C12H14NO7. The Morgan fingerprint density at radius 2 is 2.35 bits per heavy atom. The first-order valence-corrected chi connectivity index (χ1v) is 5.82. The number of carbonyl (C=O) groups excluding carboxylic acids is 1. The van der Waals surface area contributed by atoms with Crippen LogP contribution in [0.5, 0.6) is 5.75 Å². The first-order valence-electron chi connectivity index (χ1n) is 5.82. The summed E-state index contributed by atoms with van der Waals surface area (Å²) in [6.07, 6.45) is -0.747. The van der Waals surface area contributed by atoms with Gasteiger partial charge in [-0.05, 0) is 18.2 Å². The van der Waals surface area contributed by atoms with E-state index in [1.165, 1.54) is 18.2 Å². The molecule has 0 amide bonds. The van der Waals surface area contributed by atoms with Gasteiger partial charge in [0.05, 0.1) is 11.5 Å². The molecule has 0 aromatic heterocycles. The fourth-order valence-corrected chi connectivity index (χ4v) is 1.14. The molecule has 1 aromatic carbocycles. The van der Waals surface area contributed by atoms with Crippen LogP contribution in [0.2, 0.25) is 0 Å². The average Bonchev–Trinajstić information content (AvgIpc) is 2.47. The Morgan fingerprint density at radius 1 is 1.60 bits per heavy atom. The Hall–Kier alpha value is -2.19. The van der Waals surface area contributed by atoms with Crippen molar-refractivity contribution < 1.29 is 29.3 Å². The summed E-state index contributed by atoms with van der Waals surface area (Å²) in [6, 6.07) is 6.38. The van der Waals surface area contributed by atoms with Crippen molar-refractivity contribution in [2.45, 2.75) is 19.4 Å². The number of aliphatic hydroxyl groups excluding tert-OH is 1. The summed E-state index contributed by atoms with van der Waals surface area (Å²) in [6.45, 7) is 0.936. The summed E-state index contributed by atoms with van der Waals surface area (Å²) in [5, 5.41) is 19.8. The van der Waals surface area contributed by atoms with Crippen LogP contribution in [0.3, 0.4) is 0 Å². The molecule has 0 saturated carbocycles. The molecule has 1 aromatic rings. The van der Waals surface area contributed by atoms with Crippen LogP contribution in [0.4, 0.5) is 5.69 Å². The molecule has 0 fully saturated rings. The Kier molecular flexibility index (Phi) is 6.41. The van der Waals surface area contributed by atoms with E-state index in [-0.39, 0.29) is 24.5 Å². The standard InChI is InChI=1S/C12H14NO7/c1-2-12(15)18-8-9(7-14)19-20-11-6-4-3-5-10(11)13(16)17/h3,5-6,9,14H,2,7-8H2,1H3. The van der Waals surface area contributed by atoms with Gasteiger partial charge in [0.1, 0.15) is 6.61 Å². The maximum Gasteiger partial charge on any atom is 0.315 e. The van der Waals surface area contributed by atoms with E-state index < -0.39 is 23.6 Å². The lowest BCUT2D eigenvalue weighted by Crippen LogP contribution is -2.27. The van der Waals surface area contributed by atoms with E-state index in [0.717, 1.165) is 0 Å². The largest absolute Gasteiger partial charge is 0.463 e. The molecule has 0 bridgehead atoms. The number of nitrogens with zero attached hydrogens (tertiary/aromatic N) is 1. The van der Waals surface area contributed by atoms with Crippen LogP contribution in [0.25, 0.3) is 0 Å². The van der Waals surface area contributed by atoms with Crippen molar-refractivity contribution in [3.63, 3.8) is 0 Å². The zero-order valence-electron chi connectivity index (χ0n) is 10.8. The molecule has 0 heterocycles. The van der Waals surface area contributed by atoms with E-state index in [9.17, 15) is 14.9 Å². The van der Waals surface area contributed by atoms with Crippen molar-refractivity contribution in [2.75, 3.05) is 13.2 Å². The molecule has 0 aliphatic rings. The number of benzene rings is 1. The lowest BCUT2D eigenvalue weighted by Gasteiger charge is -2.14. The predicted octanol–water partition coefficient (Wildman–Crippen LogP) is 1.02. The second kappa shape index (κ2) is 8.08. The number of hydrogen-bond acceptors (Lipinski definition) is 7.